The van der Waals surface area contributed by atoms with Crippen molar-refractivity contribution in [2.75, 3.05) is 0 Å². The standard InChI is InChI=1S/C20H15ClN2O2/c21-17-11-9-16(10-12-17)20(24)23-22-14-15-5-4-8-19(13-15)25-18-6-2-1-3-7-18/h1-14H,(H,23,24)/b22-14-. The Morgan fingerprint density at radius 2 is 1.64 bits per heavy atom. The maximum Gasteiger partial charge on any atom is 0.271 e. The number of rotatable bonds is 5. The van der Waals surface area contributed by atoms with Gasteiger partial charge in [-0.25, -0.2) is 5.43 Å². The van der Waals surface area contributed by atoms with Gasteiger partial charge in [0, 0.05) is 10.6 Å². The Balaban J connectivity index is 1.62. The Bertz CT molecular complexity index is 878. The highest BCUT2D eigenvalue weighted by Gasteiger charge is 2.03. The fourth-order valence-corrected chi connectivity index (χ4v) is 2.24. The van der Waals surface area contributed by atoms with Gasteiger partial charge in [0.25, 0.3) is 5.91 Å². The molecule has 4 nitrogen and oxygen atoms in total. The van der Waals surface area contributed by atoms with E-state index in [2.05, 4.69) is 10.5 Å². The van der Waals surface area contributed by atoms with Crippen LogP contribution < -0.4 is 10.2 Å². The number of amides is 1. The molecule has 3 aromatic rings. The molecule has 5 heteroatoms. The number of para-hydroxylation sites is 1. The number of carbonyl (C=O) groups excluding carboxylic acids is 1. The molecule has 3 aromatic carbocycles. The summed E-state index contributed by atoms with van der Waals surface area (Å²) in [6.07, 6.45) is 1.56. The second kappa shape index (κ2) is 8.13. The molecular formula is C20H15ClN2O2. The predicted molar refractivity (Wildman–Crippen MR) is 99.5 cm³/mol. The maximum absolute atomic E-state index is 12.0. The van der Waals surface area contributed by atoms with E-state index < -0.39 is 0 Å². The first-order valence-corrected chi connectivity index (χ1v) is 8.00. The number of ether oxygens (including phenoxy) is 1. The van der Waals surface area contributed by atoms with E-state index in [1.54, 1.807) is 30.5 Å². The summed E-state index contributed by atoms with van der Waals surface area (Å²) >= 11 is 5.80. The van der Waals surface area contributed by atoms with E-state index in [1.807, 2.05) is 54.6 Å². The summed E-state index contributed by atoms with van der Waals surface area (Å²) in [5, 5.41) is 4.55. The van der Waals surface area contributed by atoms with Gasteiger partial charge in [-0.05, 0) is 54.1 Å². The summed E-state index contributed by atoms with van der Waals surface area (Å²) in [5.74, 6) is 1.15. The van der Waals surface area contributed by atoms with Crippen molar-refractivity contribution in [2.45, 2.75) is 0 Å². The zero-order valence-corrected chi connectivity index (χ0v) is 14.0. The largest absolute Gasteiger partial charge is 0.457 e. The molecule has 1 N–H and O–H groups in total. The Kier molecular flexibility index (Phi) is 5.44. The van der Waals surface area contributed by atoms with Crippen LogP contribution in [-0.4, -0.2) is 12.1 Å². The van der Waals surface area contributed by atoms with Crippen molar-refractivity contribution in [2.24, 2.45) is 5.10 Å². The van der Waals surface area contributed by atoms with E-state index in [4.69, 9.17) is 16.3 Å². The highest BCUT2D eigenvalue weighted by molar-refractivity contribution is 6.30. The first-order valence-electron chi connectivity index (χ1n) is 7.63. The molecule has 0 atom stereocenters. The SMILES string of the molecule is O=C(N/N=C\c1cccc(Oc2ccccc2)c1)c1ccc(Cl)cc1. The molecule has 0 aliphatic carbocycles. The number of nitrogens with zero attached hydrogens (tertiary/aromatic N) is 1. The van der Waals surface area contributed by atoms with Crippen molar-refractivity contribution in [3.8, 4) is 11.5 Å². The number of carbonyl (C=O) groups is 1. The molecule has 0 heterocycles. The van der Waals surface area contributed by atoms with Crippen LogP contribution in [0.4, 0.5) is 0 Å². The molecule has 1 amide bonds. The molecule has 3 rings (SSSR count). The van der Waals surface area contributed by atoms with Crippen molar-refractivity contribution >= 4 is 23.7 Å². The van der Waals surface area contributed by atoms with Crippen LogP contribution >= 0.6 is 11.6 Å². The fraction of sp³-hybridized carbons (Fsp3) is 0. The summed E-state index contributed by atoms with van der Waals surface area (Å²) in [4.78, 5) is 12.0. The van der Waals surface area contributed by atoms with Crippen molar-refractivity contribution in [1.82, 2.24) is 5.43 Å². The predicted octanol–water partition coefficient (Wildman–Crippen LogP) is 4.90. The maximum atomic E-state index is 12.0. The first-order chi connectivity index (χ1) is 12.2. The van der Waals surface area contributed by atoms with Gasteiger partial charge in [0.1, 0.15) is 11.5 Å². The second-order valence-corrected chi connectivity index (χ2v) is 5.63. The molecule has 124 valence electrons. The van der Waals surface area contributed by atoms with Crippen LogP contribution in [0.15, 0.2) is 84.0 Å². The van der Waals surface area contributed by atoms with Gasteiger partial charge in [-0.1, -0.05) is 41.9 Å². The van der Waals surface area contributed by atoms with Gasteiger partial charge in [-0.3, -0.25) is 4.79 Å². The fourth-order valence-electron chi connectivity index (χ4n) is 2.11. The Morgan fingerprint density at radius 1 is 0.920 bits per heavy atom. The zero-order chi connectivity index (χ0) is 17.5. The Hall–Kier alpha value is -3.11. The smallest absolute Gasteiger partial charge is 0.271 e. The van der Waals surface area contributed by atoms with Crippen LogP contribution in [0.5, 0.6) is 11.5 Å². The van der Waals surface area contributed by atoms with Gasteiger partial charge in [0.15, 0.2) is 0 Å². The number of hydrogen-bond acceptors (Lipinski definition) is 3. The summed E-state index contributed by atoms with van der Waals surface area (Å²) in [6.45, 7) is 0. The molecule has 0 unspecified atom stereocenters. The summed E-state index contributed by atoms with van der Waals surface area (Å²) in [7, 11) is 0. The Labute approximate surface area is 150 Å². The van der Waals surface area contributed by atoms with Crippen molar-refractivity contribution in [3.05, 3.63) is 95.0 Å². The van der Waals surface area contributed by atoms with E-state index >= 15 is 0 Å². The molecule has 0 radical (unpaired) electrons. The lowest BCUT2D eigenvalue weighted by molar-refractivity contribution is 0.0955. The minimum atomic E-state index is -0.301. The lowest BCUT2D eigenvalue weighted by atomic mass is 10.2. The van der Waals surface area contributed by atoms with Gasteiger partial charge in [0.2, 0.25) is 0 Å². The quantitative estimate of drug-likeness (QED) is 0.525. The number of benzene rings is 3. The zero-order valence-electron chi connectivity index (χ0n) is 13.2. The summed E-state index contributed by atoms with van der Waals surface area (Å²) < 4.78 is 5.77. The van der Waals surface area contributed by atoms with Crippen LogP contribution in [0.1, 0.15) is 15.9 Å². The van der Waals surface area contributed by atoms with Gasteiger partial charge >= 0.3 is 0 Å². The molecule has 0 saturated carbocycles. The number of halogens is 1. The third-order valence-electron chi connectivity index (χ3n) is 3.32. The van der Waals surface area contributed by atoms with E-state index in [1.165, 1.54) is 0 Å². The topological polar surface area (TPSA) is 50.7 Å². The molecule has 0 aromatic heterocycles. The second-order valence-electron chi connectivity index (χ2n) is 5.19. The minimum absolute atomic E-state index is 0.301. The lowest BCUT2D eigenvalue weighted by Gasteiger charge is -2.05. The minimum Gasteiger partial charge on any atom is -0.457 e. The van der Waals surface area contributed by atoms with Crippen molar-refractivity contribution in [3.63, 3.8) is 0 Å². The third-order valence-corrected chi connectivity index (χ3v) is 3.58. The van der Waals surface area contributed by atoms with Crippen LogP contribution in [0, 0.1) is 0 Å². The normalized spacial score (nSPS) is 10.6. The van der Waals surface area contributed by atoms with Gasteiger partial charge in [0.05, 0.1) is 6.21 Å². The monoisotopic (exact) mass is 350 g/mol. The molecular weight excluding hydrogens is 336 g/mol. The number of hydrazone groups is 1. The molecule has 0 aliphatic rings. The molecule has 0 spiro atoms. The van der Waals surface area contributed by atoms with E-state index in [-0.39, 0.29) is 5.91 Å². The van der Waals surface area contributed by atoms with Crippen LogP contribution in [0.2, 0.25) is 5.02 Å². The molecule has 0 bridgehead atoms. The molecule has 0 fully saturated rings. The highest BCUT2D eigenvalue weighted by Crippen LogP contribution is 2.21. The van der Waals surface area contributed by atoms with Gasteiger partial charge in [-0.15, -0.1) is 0 Å². The first kappa shape index (κ1) is 16.7. The van der Waals surface area contributed by atoms with E-state index in [9.17, 15) is 4.79 Å². The van der Waals surface area contributed by atoms with Gasteiger partial charge < -0.3 is 4.74 Å². The average molecular weight is 351 g/mol. The average Bonchev–Trinajstić information content (AvgIpc) is 2.63. The van der Waals surface area contributed by atoms with Gasteiger partial charge in [-0.2, -0.15) is 5.10 Å². The summed E-state index contributed by atoms with van der Waals surface area (Å²) in [6, 6.07) is 23.5. The summed E-state index contributed by atoms with van der Waals surface area (Å²) in [5.41, 5.74) is 3.78. The van der Waals surface area contributed by atoms with Crippen LogP contribution in [0.25, 0.3) is 0 Å². The van der Waals surface area contributed by atoms with Crippen LogP contribution in [0.3, 0.4) is 0 Å². The molecule has 0 saturated heterocycles. The number of hydrogen-bond donors (Lipinski definition) is 1. The third kappa shape index (κ3) is 4.93. The Morgan fingerprint density at radius 3 is 2.40 bits per heavy atom. The lowest BCUT2D eigenvalue weighted by Crippen LogP contribution is -2.17. The van der Waals surface area contributed by atoms with Crippen molar-refractivity contribution < 1.29 is 9.53 Å². The van der Waals surface area contributed by atoms with E-state index in [0.717, 1.165) is 11.3 Å². The van der Waals surface area contributed by atoms with E-state index in [0.29, 0.717) is 16.3 Å². The number of nitrogens with one attached hydrogen (secondary N) is 1. The molecule has 25 heavy (non-hydrogen) atoms. The molecule has 0 aliphatic heterocycles. The van der Waals surface area contributed by atoms with Crippen LogP contribution in [-0.2, 0) is 0 Å². The highest BCUT2D eigenvalue weighted by atomic mass is 35.5. The van der Waals surface area contributed by atoms with Crippen molar-refractivity contribution in [1.29, 1.82) is 0 Å².